The van der Waals surface area contributed by atoms with Gasteiger partial charge in [0.2, 0.25) is 0 Å². The molecule has 0 aliphatic carbocycles. The average molecular weight is 229 g/mol. The van der Waals surface area contributed by atoms with Crippen molar-refractivity contribution in [2.75, 3.05) is 0 Å². The van der Waals surface area contributed by atoms with Gasteiger partial charge in [-0.15, -0.1) is 0 Å². The first kappa shape index (κ1) is 11.5. The Morgan fingerprint density at radius 1 is 1.29 bits per heavy atom. The third-order valence-electron chi connectivity index (χ3n) is 2.80. The van der Waals surface area contributed by atoms with Gasteiger partial charge >= 0.3 is 0 Å². The van der Waals surface area contributed by atoms with Crippen molar-refractivity contribution in [2.45, 2.75) is 13.0 Å². The summed E-state index contributed by atoms with van der Waals surface area (Å²) in [5.41, 5.74) is 8.27. The molecule has 2 rings (SSSR count). The van der Waals surface area contributed by atoms with Crippen LogP contribution in [0, 0.1) is 0 Å². The molecule has 0 atom stereocenters. The second-order valence-corrected chi connectivity index (χ2v) is 3.91. The standard InChI is InChI=1S/C13H15N3O/c1-16-12(6-7-15-16)13(17)8-10-4-2-3-5-11(10)9-14/h2-7H,8-9,14H2,1H3. The molecule has 0 amide bonds. The van der Waals surface area contributed by atoms with Crippen molar-refractivity contribution in [1.82, 2.24) is 9.78 Å². The van der Waals surface area contributed by atoms with E-state index in [9.17, 15) is 4.79 Å². The van der Waals surface area contributed by atoms with Crippen LogP contribution >= 0.6 is 0 Å². The van der Waals surface area contributed by atoms with E-state index in [1.807, 2.05) is 24.3 Å². The summed E-state index contributed by atoms with van der Waals surface area (Å²) < 4.78 is 1.59. The van der Waals surface area contributed by atoms with Gasteiger partial charge in [-0.05, 0) is 17.2 Å². The van der Waals surface area contributed by atoms with Crippen LogP contribution in [0.3, 0.4) is 0 Å². The van der Waals surface area contributed by atoms with Gasteiger partial charge in [0.15, 0.2) is 5.78 Å². The lowest BCUT2D eigenvalue weighted by Crippen LogP contribution is -2.11. The van der Waals surface area contributed by atoms with E-state index in [-0.39, 0.29) is 5.78 Å². The number of rotatable bonds is 4. The Kier molecular flexibility index (Phi) is 3.35. The molecule has 0 fully saturated rings. The van der Waals surface area contributed by atoms with E-state index in [1.165, 1.54) is 0 Å². The van der Waals surface area contributed by atoms with Crippen molar-refractivity contribution in [3.05, 3.63) is 53.3 Å². The predicted octanol–water partition coefficient (Wildman–Crippen LogP) is 1.30. The van der Waals surface area contributed by atoms with Crippen molar-refractivity contribution in [3.63, 3.8) is 0 Å². The summed E-state index contributed by atoms with van der Waals surface area (Å²) in [7, 11) is 1.77. The smallest absolute Gasteiger partial charge is 0.185 e. The second-order valence-electron chi connectivity index (χ2n) is 3.91. The summed E-state index contributed by atoms with van der Waals surface area (Å²) >= 11 is 0. The first-order chi connectivity index (χ1) is 8.22. The van der Waals surface area contributed by atoms with E-state index in [1.54, 1.807) is 24.0 Å². The quantitative estimate of drug-likeness (QED) is 0.804. The zero-order valence-electron chi connectivity index (χ0n) is 9.76. The Morgan fingerprint density at radius 2 is 2.00 bits per heavy atom. The maximum atomic E-state index is 12.1. The topological polar surface area (TPSA) is 60.9 Å². The molecule has 0 unspecified atom stereocenters. The third-order valence-corrected chi connectivity index (χ3v) is 2.80. The molecule has 4 heteroatoms. The zero-order valence-corrected chi connectivity index (χ0v) is 9.76. The number of carbonyl (C=O) groups excluding carboxylic acids is 1. The number of Topliss-reactive ketones (excluding diaryl/α,β-unsaturated/α-hetero) is 1. The van der Waals surface area contributed by atoms with E-state index < -0.39 is 0 Å². The van der Waals surface area contributed by atoms with Gasteiger partial charge in [0.1, 0.15) is 5.69 Å². The van der Waals surface area contributed by atoms with Gasteiger partial charge in [0.25, 0.3) is 0 Å². The molecule has 1 aromatic heterocycles. The van der Waals surface area contributed by atoms with Crippen molar-refractivity contribution in [3.8, 4) is 0 Å². The molecule has 1 heterocycles. The Bertz CT molecular complexity index is 531. The first-order valence-electron chi connectivity index (χ1n) is 5.50. The van der Waals surface area contributed by atoms with Crippen LogP contribution in [-0.4, -0.2) is 15.6 Å². The molecule has 2 N–H and O–H groups in total. The Balaban J connectivity index is 2.22. The fraction of sp³-hybridized carbons (Fsp3) is 0.231. The third kappa shape index (κ3) is 2.42. The highest BCUT2D eigenvalue weighted by Gasteiger charge is 2.12. The van der Waals surface area contributed by atoms with Crippen molar-refractivity contribution >= 4 is 5.78 Å². The molecule has 1 aromatic carbocycles. The predicted molar refractivity (Wildman–Crippen MR) is 65.6 cm³/mol. The molecule has 0 bridgehead atoms. The maximum absolute atomic E-state index is 12.1. The monoisotopic (exact) mass is 229 g/mol. The maximum Gasteiger partial charge on any atom is 0.185 e. The number of nitrogens with zero attached hydrogens (tertiary/aromatic N) is 2. The molecule has 4 nitrogen and oxygen atoms in total. The fourth-order valence-electron chi connectivity index (χ4n) is 1.84. The molecule has 88 valence electrons. The van der Waals surface area contributed by atoms with Crippen LogP contribution in [0.5, 0.6) is 0 Å². The molecular formula is C13H15N3O. The van der Waals surface area contributed by atoms with Gasteiger partial charge in [-0.2, -0.15) is 5.10 Å². The highest BCUT2D eigenvalue weighted by Crippen LogP contribution is 2.11. The second kappa shape index (κ2) is 4.93. The fourth-order valence-corrected chi connectivity index (χ4v) is 1.84. The zero-order chi connectivity index (χ0) is 12.3. The molecule has 0 saturated carbocycles. The highest BCUT2D eigenvalue weighted by molar-refractivity contribution is 5.96. The molecule has 0 radical (unpaired) electrons. The number of nitrogens with two attached hydrogens (primary N) is 1. The molecule has 0 aliphatic heterocycles. The summed E-state index contributed by atoms with van der Waals surface area (Å²) in [6.07, 6.45) is 2.00. The van der Waals surface area contributed by atoms with Gasteiger partial charge in [-0.3, -0.25) is 9.48 Å². The largest absolute Gasteiger partial charge is 0.326 e. The number of benzene rings is 1. The molecule has 17 heavy (non-hydrogen) atoms. The summed E-state index contributed by atoms with van der Waals surface area (Å²) in [5.74, 6) is 0.0610. The minimum atomic E-state index is 0.0610. The SMILES string of the molecule is Cn1nccc1C(=O)Cc1ccccc1CN. The average Bonchev–Trinajstić information content (AvgIpc) is 2.76. The minimum Gasteiger partial charge on any atom is -0.326 e. The van der Waals surface area contributed by atoms with Gasteiger partial charge in [0, 0.05) is 26.2 Å². The molecular weight excluding hydrogens is 214 g/mol. The van der Waals surface area contributed by atoms with Crippen molar-refractivity contribution in [2.24, 2.45) is 12.8 Å². The Morgan fingerprint density at radius 3 is 2.59 bits per heavy atom. The summed E-state index contributed by atoms with van der Waals surface area (Å²) in [5, 5.41) is 3.99. The van der Waals surface area contributed by atoms with Crippen molar-refractivity contribution < 1.29 is 4.79 Å². The summed E-state index contributed by atoms with van der Waals surface area (Å²) in [4.78, 5) is 12.1. The Hall–Kier alpha value is -1.94. The van der Waals surface area contributed by atoms with E-state index in [4.69, 9.17) is 5.73 Å². The van der Waals surface area contributed by atoms with Crippen molar-refractivity contribution in [1.29, 1.82) is 0 Å². The molecule has 0 spiro atoms. The van der Waals surface area contributed by atoms with Crippen LogP contribution in [0.1, 0.15) is 21.6 Å². The van der Waals surface area contributed by atoms with Gasteiger partial charge < -0.3 is 5.73 Å². The first-order valence-corrected chi connectivity index (χ1v) is 5.50. The highest BCUT2D eigenvalue weighted by atomic mass is 16.1. The number of carbonyl (C=O) groups is 1. The normalized spacial score (nSPS) is 10.5. The summed E-state index contributed by atoms with van der Waals surface area (Å²) in [6.45, 7) is 0.453. The molecule has 2 aromatic rings. The lowest BCUT2D eigenvalue weighted by Gasteiger charge is -2.06. The van der Waals surface area contributed by atoms with Gasteiger partial charge in [-0.25, -0.2) is 0 Å². The molecule has 0 aliphatic rings. The van der Waals surface area contributed by atoms with Crippen LogP contribution in [0.25, 0.3) is 0 Å². The van der Waals surface area contributed by atoms with E-state index in [2.05, 4.69) is 5.10 Å². The number of ketones is 1. The number of aryl methyl sites for hydroxylation is 1. The Labute approximate surface area is 100 Å². The van der Waals surface area contributed by atoms with Gasteiger partial charge in [0.05, 0.1) is 0 Å². The van der Waals surface area contributed by atoms with Crippen LogP contribution in [-0.2, 0) is 20.0 Å². The van der Waals surface area contributed by atoms with E-state index >= 15 is 0 Å². The van der Waals surface area contributed by atoms with E-state index in [0.29, 0.717) is 18.7 Å². The lowest BCUT2D eigenvalue weighted by molar-refractivity contribution is 0.0983. The van der Waals surface area contributed by atoms with Crippen LogP contribution in [0.15, 0.2) is 36.5 Å². The van der Waals surface area contributed by atoms with Crippen LogP contribution in [0.2, 0.25) is 0 Å². The minimum absolute atomic E-state index is 0.0610. The number of hydrogen-bond acceptors (Lipinski definition) is 3. The van der Waals surface area contributed by atoms with Gasteiger partial charge in [-0.1, -0.05) is 24.3 Å². The van der Waals surface area contributed by atoms with Crippen LogP contribution in [0.4, 0.5) is 0 Å². The number of hydrogen-bond donors (Lipinski definition) is 1. The van der Waals surface area contributed by atoms with Crippen LogP contribution < -0.4 is 5.73 Å². The summed E-state index contributed by atoms with van der Waals surface area (Å²) in [6, 6.07) is 9.47. The number of aromatic nitrogens is 2. The van der Waals surface area contributed by atoms with E-state index in [0.717, 1.165) is 11.1 Å². The lowest BCUT2D eigenvalue weighted by atomic mass is 10.0. The molecule has 0 saturated heterocycles.